The van der Waals surface area contributed by atoms with Crippen molar-refractivity contribution in [2.24, 2.45) is 0 Å². The number of carbonyl (C=O) groups is 2. The fraction of sp³-hybridized carbons (Fsp3) is 0.586. The highest BCUT2D eigenvalue weighted by Crippen LogP contribution is 2.37. The number of unbranched alkanes of at least 4 members (excludes halogenated alkanes) is 2. The minimum atomic E-state index is -4.46. The predicted molar refractivity (Wildman–Crippen MR) is 146 cm³/mol. The van der Waals surface area contributed by atoms with Crippen LogP contribution in [0.2, 0.25) is 0 Å². The fourth-order valence-electron chi connectivity index (χ4n) is 4.54. The van der Waals surface area contributed by atoms with E-state index in [9.17, 15) is 27.9 Å². The van der Waals surface area contributed by atoms with E-state index in [0.717, 1.165) is 55.4 Å². The van der Waals surface area contributed by atoms with Crippen LogP contribution in [0.4, 0.5) is 19.0 Å². The number of alkyl halides is 3. The van der Waals surface area contributed by atoms with Gasteiger partial charge in [-0.05, 0) is 62.3 Å². The van der Waals surface area contributed by atoms with E-state index in [0.29, 0.717) is 55.2 Å². The highest BCUT2D eigenvalue weighted by molar-refractivity contribution is 5.72. The van der Waals surface area contributed by atoms with Crippen LogP contribution in [0.15, 0.2) is 18.2 Å². The average molecular weight is 568 g/mol. The molecule has 1 aromatic heterocycles. The summed E-state index contributed by atoms with van der Waals surface area (Å²) in [5, 5.41) is 21.8. The molecule has 1 atom stereocenters. The van der Waals surface area contributed by atoms with E-state index in [1.54, 1.807) is 6.92 Å². The number of hydrogen-bond acceptors (Lipinski definition) is 7. The van der Waals surface area contributed by atoms with Gasteiger partial charge in [0.05, 0.1) is 24.5 Å². The van der Waals surface area contributed by atoms with Crippen LogP contribution in [0, 0.1) is 0 Å². The SMILES string of the molecule is CCCCCC(CC)Nc1nnc2c(c1CCC(=O)O)CCCOCc1cc(C(F)(F)F)ccc1-2.CCOC=O. The van der Waals surface area contributed by atoms with Crippen molar-refractivity contribution in [2.75, 3.05) is 18.5 Å². The van der Waals surface area contributed by atoms with Crippen LogP contribution in [-0.2, 0) is 44.7 Å². The molecule has 0 radical (unpaired) electrons. The monoisotopic (exact) mass is 567 g/mol. The number of rotatable bonds is 12. The maximum atomic E-state index is 13.3. The van der Waals surface area contributed by atoms with Crippen LogP contribution in [-0.4, -0.2) is 47.0 Å². The number of nitrogens with one attached hydrogen (secondary N) is 1. The van der Waals surface area contributed by atoms with Gasteiger partial charge in [-0.3, -0.25) is 9.59 Å². The number of anilines is 1. The molecular formula is C29H40F3N3O5. The Hall–Kier alpha value is -3.21. The number of benzene rings is 1. The first-order valence-electron chi connectivity index (χ1n) is 13.9. The van der Waals surface area contributed by atoms with Gasteiger partial charge in [0.1, 0.15) is 0 Å². The van der Waals surface area contributed by atoms with Gasteiger partial charge < -0.3 is 19.9 Å². The number of halogens is 3. The van der Waals surface area contributed by atoms with E-state index in [1.165, 1.54) is 6.07 Å². The third-order valence-electron chi connectivity index (χ3n) is 6.66. The maximum absolute atomic E-state index is 13.3. The largest absolute Gasteiger partial charge is 0.481 e. The highest BCUT2D eigenvalue weighted by Gasteiger charge is 2.32. The van der Waals surface area contributed by atoms with Crippen molar-refractivity contribution in [3.05, 3.63) is 40.5 Å². The molecule has 1 aliphatic heterocycles. The summed E-state index contributed by atoms with van der Waals surface area (Å²) in [5.74, 6) is -0.347. The quantitative estimate of drug-likeness (QED) is 0.218. The van der Waals surface area contributed by atoms with Gasteiger partial charge in [-0.15, -0.1) is 10.2 Å². The third kappa shape index (κ3) is 10.1. The molecule has 1 unspecified atom stereocenters. The Labute approximate surface area is 233 Å². The molecular weight excluding hydrogens is 527 g/mol. The van der Waals surface area contributed by atoms with E-state index >= 15 is 0 Å². The molecule has 2 heterocycles. The zero-order valence-corrected chi connectivity index (χ0v) is 23.5. The summed E-state index contributed by atoms with van der Waals surface area (Å²) in [6.07, 6.45) is 2.14. The molecule has 1 aliphatic rings. The molecule has 0 amide bonds. The lowest BCUT2D eigenvalue weighted by Gasteiger charge is -2.22. The number of carbonyl (C=O) groups excluding carboxylic acids is 1. The number of nitrogens with zero attached hydrogens (tertiary/aromatic N) is 2. The Morgan fingerprint density at radius 2 is 2.00 bits per heavy atom. The second-order valence-corrected chi connectivity index (χ2v) is 9.57. The standard InChI is InChI=1S/C26H34F3N3O3.C3H6O2/c1-3-5-6-8-19(4-2)30-25-22(12-13-23(33)34)21-9-7-14-35-16-17-15-18(26(27,28)29)10-11-20(17)24(21)31-32-25;1-2-5-3-4/h10-11,15,19H,3-9,12-14,16H2,1-2H3,(H,30,32)(H,33,34);3H,2H2,1H3. The molecule has 0 saturated heterocycles. The third-order valence-corrected chi connectivity index (χ3v) is 6.66. The van der Waals surface area contributed by atoms with Gasteiger partial charge in [-0.25, -0.2) is 0 Å². The molecule has 8 nitrogen and oxygen atoms in total. The Bertz CT molecular complexity index is 1100. The van der Waals surface area contributed by atoms with Gasteiger partial charge in [0.2, 0.25) is 0 Å². The Kier molecular flexibility index (Phi) is 13.9. The summed E-state index contributed by atoms with van der Waals surface area (Å²) in [6, 6.07) is 3.76. The number of carboxylic acid groups (broad SMARTS) is 1. The molecule has 2 N–H and O–H groups in total. The van der Waals surface area contributed by atoms with E-state index in [-0.39, 0.29) is 25.5 Å². The van der Waals surface area contributed by atoms with Gasteiger partial charge in [-0.1, -0.05) is 39.2 Å². The second-order valence-electron chi connectivity index (χ2n) is 9.57. The lowest BCUT2D eigenvalue weighted by atomic mass is 9.92. The summed E-state index contributed by atoms with van der Waals surface area (Å²) in [4.78, 5) is 20.6. The molecule has 11 heteroatoms. The summed E-state index contributed by atoms with van der Waals surface area (Å²) >= 11 is 0. The van der Waals surface area contributed by atoms with Gasteiger partial charge in [0.15, 0.2) is 5.82 Å². The van der Waals surface area contributed by atoms with Crippen molar-refractivity contribution in [2.45, 2.75) is 97.4 Å². The van der Waals surface area contributed by atoms with Crippen LogP contribution in [0.25, 0.3) is 11.3 Å². The summed E-state index contributed by atoms with van der Waals surface area (Å²) in [5.41, 5.74) is 2.31. The zero-order valence-electron chi connectivity index (χ0n) is 23.5. The van der Waals surface area contributed by atoms with Gasteiger partial charge >= 0.3 is 12.1 Å². The van der Waals surface area contributed by atoms with E-state index in [4.69, 9.17) is 4.74 Å². The predicted octanol–water partition coefficient (Wildman–Crippen LogP) is 6.59. The topological polar surface area (TPSA) is 111 Å². The molecule has 0 saturated carbocycles. The maximum Gasteiger partial charge on any atom is 0.416 e. The fourth-order valence-corrected chi connectivity index (χ4v) is 4.54. The zero-order chi connectivity index (χ0) is 29.5. The normalized spacial score (nSPS) is 13.8. The number of aliphatic carboxylic acids is 1. The molecule has 222 valence electrons. The van der Waals surface area contributed by atoms with Crippen molar-refractivity contribution < 1.29 is 37.3 Å². The molecule has 0 spiro atoms. The minimum absolute atomic E-state index is 0.0418. The number of aromatic nitrogens is 2. The van der Waals surface area contributed by atoms with Crippen molar-refractivity contribution >= 4 is 18.3 Å². The molecule has 40 heavy (non-hydrogen) atoms. The summed E-state index contributed by atoms with van der Waals surface area (Å²) < 4.78 is 49.8. The minimum Gasteiger partial charge on any atom is -0.481 e. The summed E-state index contributed by atoms with van der Waals surface area (Å²) in [6.45, 7) is 7.34. The van der Waals surface area contributed by atoms with Crippen LogP contribution in [0.3, 0.4) is 0 Å². The molecule has 3 rings (SSSR count). The average Bonchev–Trinajstić information content (AvgIpc) is 3.00. The van der Waals surface area contributed by atoms with E-state index in [2.05, 4.69) is 34.1 Å². The number of ether oxygens (including phenoxy) is 2. The molecule has 0 fully saturated rings. The number of carboxylic acids is 1. The number of hydrogen-bond donors (Lipinski definition) is 2. The lowest BCUT2D eigenvalue weighted by Crippen LogP contribution is -2.22. The Balaban J connectivity index is 0.00000103. The van der Waals surface area contributed by atoms with Crippen LogP contribution in [0.1, 0.15) is 88.0 Å². The molecule has 1 aromatic carbocycles. The van der Waals surface area contributed by atoms with Crippen molar-refractivity contribution in [1.82, 2.24) is 10.2 Å². The van der Waals surface area contributed by atoms with Crippen molar-refractivity contribution in [3.8, 4) is 11.3 Å². The first kappa shape index (κ1) is 33.0. The summed E-state index contributed by atoms with van der Waals surface area (Å²) in [7, 11) is 0. The van der Waals surface area contributed by atoms with Crippen LogP contribution < -0.4 is 5.32 Å². The highest BCUT2D eigenvalue weighted by atomic mass is 19.4. The van der Waals surface area contributed by atoms with Crippen LogP contribution in [0.5, 0.6) is 0 Å². The van der Waals surface area contributed by atoms with E-state index in [1.807, 2.05) is 0 Å². The van der Waals surface area contributed by atoms with Gasteiger partial charge in [0.25, 0.3) is 6.47 Å². The van der Waals surface area contributed by atoms with Gasteiger partial charge in [0, 0.05) is 30.2 Å². The Morgan fingerprint density at radius 1 is 1.23 bits per heavy atom. The van der Waals surface area contributed by atoms with E-state index < -0.39 is 17.7 Å². The first-order valence-corrected chi connectivity index (χ1v) is 13.9. The number of fused-ring (bicyclic) bond motifs is 3. The van der Waals surface area contributed by atoms with Crippen molar-refractivity contribution in [1.29, 1.82) is 0 Å². The first-order chi connectivity index (χ1) is 19.2. The van der Waals surface area contributed by atoms with Crippen molar-refractivity contribution in [3.63, 3.8) is 0 Å². The Morgan fingerprint density at radius 3 is 2.60 bits per heavy atom. The molecule has 2 aromatic rings. The molecule has 0 bridgehead atoms. The molecule has 0 aliphatic carbocycles. The van der Waals surface area contributed by atoms with Gasteiger partial charge in [-0.2, -0.15) is 13.2 Å². The lowest BCUT2D eigenvalue weighted by molar-refractivity contribution is -0.138. The smallest absolute Gasteiger partial charge is 0.416 e. The van der Waals surface area contributed by atoms with Crippen LogP contribution >= 0.6 is 0 Å². The second kappa shape index (κ2) is 16.8.